The van der Waals surface area contributed by atoms with Gasteiger partial charge in [0.15, 0.2) is 0 Å². The number of benzene rings is 2. The van der Waals surface area contributed by atoms with E-state index in [0.717, 1.165) is 33.9 Å². The quantitative estimate of drug-likeness (QED) is 0.642. The monoisotopic (exact) mass is 361 g/mol. The molecule has 0 aliphatic rings. The summed E-state index contributed by atoms with van der Waals surface area (Å²) in [5.41, 5.74) is 4.94. The molecule has 2 N–H and O–H groups in total. The van der Waals surface area contributed by atoms with E-state index in [9.17, 15) is 4.79 Å². The predicted molar refractivity (Wildman–Crippen MR) is 109 cm³/mol. The zero-order chi connectivity index (χ0) is 19.2. The summed E-state index contributed by atoms with van der Waals surface area (Å²) >= 11 is 0. The number of rotatable bonds is 6. The van der Waals surface area contributed by atoms with Crippen LogP contribution in [0.1, 0.15) is 28.4 Å². The van der Waals surface area contributed by atoms with Gasteiger partial charge in [0.2, 0.25) is 0 Å². The van der Waals surface area contributed by atoms with Crippen LogP contribution in [0.4, 0.5) is 17.1 Å². The molecule has 0 bridgehead atoms. The molecule has 0 atom stereocenters. The number of nitrogens with one attached hydrogen (secondary N) is 2. The van der Waals surface area contributed by atoms with Gasteiger partial charge in [-0.3, -0.25) is 9.78 Å². The lowest BCUT2D eigenvalue weighted by Crippen LogP contribution is -2.13. The van der Waals surface area contributed by atoms with Crippen LogP contribution in [0.25, 0.3) is 0 Å². The van der Waals surface area contributed by atoms with Gasteiger partial charge in [-0.05, 0) is 56.2 Å². The van der Waals surface area contributed by atoms with Crippen LogP contribution in [0.3, 0.4) is 0 Å². The molecule has 0 unspecified atom stereocenters. The van der Waals surface area contributed by atoms with Gasteiger partial charge < -0.3 is 15.4 Å². The molecule has 0 radical (unpaired) electrons. The summed E-state index contributed by atoms with van der Waals surface area (Å²) in [4.78, 5) is 16.8. The third kappa shape index (κ3) is 4.64. The van der Waals surface area contributed by atoms with Crippen LogP contribution in [0.15, 0.2) is 60.9 Å². The highest BCUT2D eigenvalue weighted by molar-refractivity contribution is 6.05. The van der Waals surface area contributed by atoms with Crippen LogP contribution in [-0.2, 0) is 0 Å². The minimum Gasteiger partial charge on any atom is -0.492 e. The summed E-state index contributed by atoms with van der Waals surface area (Å²) < 4.78 is 5.63. The minimum absolute atomic E-state index is 0.196. The molecule has 0 saturated heterocycles. The van der Waals surface area contributed by atoms with E-state index in [1.807, 2.05) is 63.2 Å². The van der Waals surface area contributed by atoms with Crippen LogP contribution in [0.2, 0.25) is 0 Å². The van der Waals surface area contributed by atoms with Gasteiger partial charge in [0.05, 0.1) is 29.7 Å². The smallest absolute Gasteiger partial charge is 0.257 e. The maximum atomic E-state index is 12.6. The second kappa shape index (κ2) is 8.36. The number of carbonyl (C=O) groups excluding carboxylic acids is 1. The molecule has 0 aliphatic heterocycles. The molecular formula is C22H23N3O2. The fourth-order valence-electron chi connectivity index (χ4n) is 2.70. The Morgan fingerprint density at radius 2 is 1.85 bits per heavy atom. The van der Waals surface area contributed by atoms with E-state index in [1.54, 1.807) is 18.5 Å². The lowest BCUT2D eigenvalue weighted by molar-refractivity contribution is 0.102. The van der Waals surface area contributed by atoms with E-state index in [-0.39, 0.29) is 5.91 Å². The summed E-state index contributed by atoms with van der Waals surface area (Å²) in [6.45, 7) is 6.48. The second-order valence-corrected chi connectivity index (χ2v) is 6.29. The second-order valence-electron chi connectivity index (χ2n) is 6.29. The Balaban J connectivity index is 1.79. The number of aryl methyl sites for hydroxylation is 2. The summed E-state index contributed by atoms with van der Waals surface area (Å²) in [6, 6.07) is 15.4. The Morgan fingerprint density at radius 3 is 2.67 bits per heavy atom. The van der Waals surface area contributed by atoms with Gasteiger partial charge in [0.25, 0.3) is 5.91 Å². The van der Waals surface area contributed by atoms with E-state index in [0.29, 0.717) is 12.2 Å². The molecule has 0 aliphatic carbocycles. The van der Waals surface area contributed by atoms with Crippen molar-refractivity contribution in [2.45, 2.75) is 20.8 Å². The van der Waals surface area contributed by atoms with Gasteiger partial charge in [0.1, 0.15) is 5.75 Å². The van der Waals surface area contributed by atoms with Gasteiger partial charge in [-0.25, -0.2) is 0 Å². The maximum Gasteiger partial charge on any atom is 0.257 e. The third-order valence-corrected chi connectivity index (χ3v) is 4.11. The zero-order valence-electron chi connectivity index (χ0n) is 15.7. The van der Waals surface area contributed by atoms with E-state index in [2.05, 4.69) is 15.6 Å². The first-order valence-corrected chi connectivity index (χ1v) is 8.89. The number of anilines is 3. The first-order valence-electron chi connectivity index (χ1n) is 8.89. The predicted octanol–water partition coefficient (Wildman–Crippen LogP) is 5.09. The van der Waals surface area contributed by atoms with Crippen molar-refractivity contribution in [2.24, 2.45) is 0 Å². The largest absolute Gasteiger partial charge is 0.492 e. The van der Waals surface area contributed by atoms with Crippen molar-refractivity contribution in [1.29, 1.82) is 0 Å². The molecule has 1 aromatic heterocycles. The molecule has 0 saturated carbocycles. The number of aromatic nitrogens is 1. The lowest BCUT2D eigenvalue weighted by atomic mass is 10.1. The first-order chi connectivity index (χ1) is 13.1. The van der Waals surface area contributed by atoms with E-state index in [1.165, 1.54) is 0 Å². The molecule has 5 nitrogen and oxygen atoms in total. The summed E-state index contributed by atoms with van der Waals surface area (Å²) in [5, 5.41) is 6.23. The molecule has 3 aromatic rings. The number of para-hydroxylation sites is 2. The standard InChI is InChI=1S/C22H23N3O2/c1-4-27-21-8-6-5-7-19(21)24-18-12-17(13-23-14-18)22(26)25-20-11-15(2)9-10-16(20)3/h5-14,24H,4H2,1-3H3,(H,25,26). The van der Waals surface area contributed by atoms with Crippen LogP contribution in [-0.4, -0.2) is 17.5 Å². The number of hydrogen-bond acceptors (Lipinski definition) is 4. The number of amides is 1. The number of nitrogens with zero attached hydrogens (tertiary/aromatic N) is 1. The first kappa shape index (κ1) is 18.5. The normalized spacial score (nSPS) is 10.3. The topological polar surface area (TPSA) is 63.2 Å². The molecule has 1 heterocycles. The molecule has 3 rings (SSSR count). The Labute approximate surface area is 159 Å². The summed E-state index contributed by atoms with van der Waals surface area (Å²) in [7, 11) is 0. The fraction of sp³-hybridized carbons (Fsp3) is 0.182. The molecule has 1 amide bonds. The zero-order valence-corrected chi connectivity index (χ0v) is 15.7. The van der Waals surface area contributed by atoms with Gasteiger partial charge in [0, 0.05) is 11.9 Å². The van der Waals surface area contributed by atoms with Crippen molar-refractivity contribution < 1.29 is 9.53 Å². The SMILES string of the molecule is CCOc1ccccc1Nc1cncc(C(=O)Nc2cc(C)ccc2C)c1. The molecule has 5 heteroatoms. The Hall–Kier alpha value is -3.34. The van der Waals surface area contributed by atoms with Crippen LogP contribution < -0.4 is 15.4 Å². The number of ether oxygens (including phenoxy) is 1. The summed E-state index contributed by atoms with van der Waals surface area (Å²) in [6.07, 6.45) is 3.23. The van der Waals surface area contributed by atoms with Gasteiger partial charge >= 0.3 is 0 Å². The molecule has 138 valence electrons. The molecular weight excluding hydrogens is 338 g/mol. The van der Waals surface area contributed by atoms with Crippen molar-refractivity contribution in [3.63, 3.8) is 0 Å². The van der Waals surface area contributed by atoms with E-state index in [4.69, 9.17) is 4.74 Å². The lowest BCUT2D eigenvalue weighted by Gasteiger charge is -2.13. The Kier molecular flexibility index (Phi) is 5.71. The van der Waals surface area contributed by atoms with Gasteiger partial charge in [-0.15, -0.1) is 0 Å². The van der Waals surface area contributed by atoms with E-state index < -0.39 is 0 Å². The van der Waals surface area contributed by atoms with Crippen molar-refractivity contribution in [3.05, 3.63) is 77.6 Å². The highest BCUT2D eigenvalue weighted by Gasteiger charge is 2.10. The van der Waals surface area contributed by atoms with Crippen LogP contribution in [0, 0.1) is 13.8 Å². The highest BCUT2D eigenvalue weighted by Crippen LogP contribution is 2.27. The number of carbonyl (C=O) groups is 1. The third-order valence-electron chi connectivity index (χ3n) is 4.11. The molecule has 0 fully saturated rings. The molecule has 0 spiro atoms. The van der Waals surface area contributed by atoms with Crippen molar-refractivity contribution in [1.82, 2.24) is 4.98 Å². The van der Waals surface area contributed by atoms with Crippen molar-refractivity contribution >= 4 is 23.0 Å². The highest BCUT2D eigenvalue weighted by atomic mass is 16.5. The summed E-state index contributed by atoms with van der Waals surface area (Å²) in [5.74, 6) is 0.559. The van der Waals surface area contributed by atoms with E-state index >= 15 is 0 Å². The van der Waals surface area contributed by atoms with Crippen molar-refractivity contribution in [3.8, 4) is 5.75 Å². The number of hydrogen-bond donors (Lipinski definition) is 2. The molecule has 27 heavy (non-hydrogen) atoms. The van der Waals surface area contributed by atoms with Crippen molar-refractivity contribution in [2.75, 3.05) is 17.2 Å². The fourth-order valence-corrected chi connectivity index (χ4v) is 2.70. The minimum atomic E-state index is -0.196. The van der Waals surface area contributed by atoms with Gasteiger partial charge in [-0.1, -0.05) is 24.3 Å². The average Bonchev–Trinajstić information content (AvgIpc) is 2.67. The Morgan fingerprint density at radius 1 is 1.04 bits per heavy atom. The average molecular weight is 361 g/mol. The number of pyridine rings is 1. The maximum absolute atomic E-state index is 12.6. The van der Waals surface area contributed by atoms with Crippen LogP contribution >= 0.6 is 0 Å². The Bertz CT molecular complexity index is 954. The molecule has 2 aromatic carbocycles. The van der Waals surface area contributed by atoms with Crippen LogP contribution in [0.5, 0.6) is 5.75 Å². The van der Waals surface area contributed by atoms with Gasteiger partial charge in [-0.2, -0.15) is 0 Å².